The number of hydrogen-bond acceptors (Lipinski definition) is 1. The van der Waals surface area contributed by atoms with Gasteiger partial charge < -0.3 is 0 Å². The Morgan fingerprint density at radius 1 is 1.11 bits per heavy atom. The molecule has 0 aliphatic heterocycles. The van der Waals surface area contributed by atoms with E-state index in [1.54, 1.807) is 18.2 Å². The number of benzene rings is 2. The second kappa shape index (κ2) is 5.76. The number of carbonyl (C=O) groups excluding carboxylic acids is 1. The van der Waals surface area contributed by atoms with Crippen LogP contribution in [0.2, 0.25) is 5.02 Å². The molecule has 0 atom stereocenters. The molecule has 2 aromatic rings. The van der Waals surface area contributed by atoms with Crippen LogP contribution in [0.5, 0.6) is 0 Å². The zero-order valence-electron chi connectivity index (χ0n) is 9.74. The van der Waals surface area contributed by atoms with Gasteiger partial charge in [0.2, 0.25) is 0 Å². The highest BCUT2D eigenvalue weighted by molar-refractivity contribution is 6.31. The minimum absolute atomic E-state index is 0.0235. The molecule has 0 radical (unpaired) electrons. The van der Waals surface area contributed by atoms with E-state index < -0.39 is 11.6 Å². The molecule has 0 aliphatic carbocycles. The first-order valence-corrected chi connectivity index (χ1v) is 5.88. The molecule has 0 bridgehead atoms. The molecule has 19 heavy (non-hydrogen) atoms. The van der Waals surface area contributed by atoms with Gasteiger partial charge >= 0.3 is 0 Å². The third-order valence-corrected chi connectivity index (χ3v) is 2.74. The Morgan fingerprint density at radius 2 is 1.84 bits per heavy atom. The highest BCUT2D eigenvalue weighted by Crippen LogP contribution is 2.15. The average molecular weight is 279 g/mol. The fourth-order valence-corrected chi connectivity index (χ4v) is 1.74. The quantitative estimate of drug-likeness (QED) is 0.596. The van der Waals surface area contributed by atoms with Crippen molar-refractivity contribution in [2.45, 2.75) is 0 Å². The summed E-state index contributed by atoms with van der Waals surface area (Å²) in [5.41, 5.74) is 0.413. The van der Waals surface area contributed by atoms with Crippen LogP contribution in [0.4, 0.5) is 8.78 Å². The zero-order valence-corrected chi connectivity index (χ0v) is 10.5. The van der Waals surface area contributed by atoms with E-state index >= 15 is 0 Å². The fourth-order valence-electron chi connectivity index (χ4n) is 1.55. The van der Waals surface area contributed by atoms with Crippen molar-refractivity contribution in [3.63, 3.8) is 0 Å². The Kier molecular flexibility index (Phi) is 4.07. The first kappa shape index (κ1) is 13.4. The lowest BCUT2D eigenvalue weighted by Gasteiger charge is -1.98. The van der Waals surface area contributed by atoms with Gasteiger partial charge in [0.25, 0.3) is 0 Å². The third-order valence-electron chi connectivity index (χ3n) is 2.50. The highest BCUT2D eigenvalue weighted by atomic mass is 35.5. The van der Waals surface area contributed by atoms with E-state index in [0.717, 1.165) is 6.07 Å². The largest absolute Gasteiger partial charge is 0.289 e. The molecule has 0 amide bonds. The van der Waals surface area contributed by atoms with Crippen molar-refractivity contribution in [1.29, 1.82) is 0 Å². The minimum atomic E-state index is -0.974. The lowest BCUT2D eigenvalue weighted by atomic mass is 10.1. The maximum Gasteiger partial charge on any atom is 0.185 e. The van der Waals surface area contributed by atoms with Gasteiger partial charge in [-0.05, 0) is 30.4 Å². The van der Waals surface area contributed by atoms with E-state index in [0.29, 0.717) is 10.6 Å². The Hall–Kier alpha value is -2.00. The Morgan fingerprint density at radius 3 is 2.58 bits per heavy atom. The topological polar surface area (TPSA) is 17.1 Å². The fraction of sp³-hybridized carbons (Fsp3) is 0. The van der Waals surface area contributed by atoms with Crippen LogP contribution >= 0.6 is 11.6 Å². The first-order valence-electron chi connectivity index (χ1n) is 5.50. The molecule has 4 heteroatoms. The number of halogens is 3. The predicted octanol–water partition coefficient (Wildman–Crippen LogP) is 4.51. The summed E-state index contributed by atoms with van der Waals surface area (Å²) in [4.78, 5) is 11.8. The molecule has 0 N–H and O–H groups in total. The molecule has 0 aromatic heterocycles. The molecule has 0 heterocycles. The van der Waals surface area contributed by atoms with Crippen LogP contribution in [-0.2, 0) is 0 Å². The normalized spacial score (nSPS) is 10.9. The predicted molar refractivity (Wildman–Crippen MR) is 71.2 cm³/mol. The van der Waals surface area contributed by atoms with Gasteiger partial charge in [0.15, 0.2) is 17.4 Å². The van der Waals surface area contributed by atoms with Crippen LogP contribution in [-0.4, -0.2) is 5.78 Å². The molecule has 0 saturated heterocycles. The number of ketones is 1. The summed E-state index contributed by atoms with van der Waals surface area (Å²) in [5, 5.41) is 0.441. The van der Waals surface area contributed by atoms with E-state index in [1.807, 2.05) is 0 Å². The van der Waals surface area contributed by atoms with Crippen LogP contribution in [0, 0.1) is 11.6 Å². The Balaban J connectivity index is 2.23. The van der Waals surface area contributed by atoms with E-state index in [4.69, 9.17) is 11.6 Å². The summed E-state index contributed by atoms with van der Waals surface area (Å²) in [6.45, 7) is 0. The summed E-state index contributed by atoms with van der Waals surface area (Å²) in [7, 11) is 0. The second-order valence-electron chi connectivity index (χ2n) is 3.85. The highest BCUT2D eigenvalue weighted by Gasteiger charge is 2.06. The lowest BCUT2D eigenvalue weighted by Crippen LogP contribution is -1.94. The van der Waals surface area contributed by atoms with Crippen molar-refractivity contribution in [3.05, 3.63) is 76.3 Å². The molecule has 2 rings (SSSR count). The molecule has 1 nitrogen and oxygen atoms in total. The Labute approximate surface area is 114 Å². The summed E-state index contributed by atoms with van der Waals surface area (Å²) in [6.07, 6.45) is 2.42. The van der Waals surface area contributed by atoms with Crippen molar-refractivity contribution < 1.29 is 13.6 Å². The van der Waals surface area contributed by atoms with Crippen LogP contribution in [0.1, 0.15) is 15.9 Å². The zero-order chi connectivity index (χ0) is 13.8. The number of allylic oxidation sites excluding steroid dienone is 1. The van der Waals surface area contributed by atoms with E-state index in [1.165, 1.54) is 30.4 Å². The maximum atomic E-state index is 13.4. The van der Waals surface area contributed by atoms with Gasteiger partial charge in [0.1, 0.15) is 0 Å². The van der Waals surface area contributed by atoms with Crippen molar-refractivity contribution in [1.82, 2.24) is 0 Å². The SMILES string of the molecule is O=C(C=Cc1cccc(F)c1F)c1cccc(Cl)c1. The van der Waals surface area contributed by atoms with Gasteiger partial charge in [0.05, 0.1) is 0 Å². The van der Waals surface area contributed by atoms with Crippen LogP contribution in [0.15, 0.2) is 48.5 Å². The summed E-state index contributed by atoms with van der Waals surface area (Å²) in [6, 6.07) is 10.2. The average Bonchev–Trinajstić information content (AvgIpc) is 2.40. The molecule has 0 unspecified atom stereocenters. The van der Waals surface area contributed by atoms with Gasteiger partial charge in [0, 0.05) is 16.1 Å². The molecule has 0 aliphatic rings. The number of carbonyl (C=O) groups is 1. The number of rotatable bonds is 3. The molecular weight excluding hydrogens is 270 g/mol. The van der Waals surface area contributed by atoms with Crippen LogP contribution < -0.4 is 0 Å². The van der Waals surface area contributed by atoms with Crippen LogP contribution in [0.25, 0.3) is 6.08 Å². The smallest absolute Gasteiger partial charge is 0.185 e. The molecule has 0 spiro atoms. The van der Waals surface area contributed by atoms with Crippen molar-refractivity contribution in [2.75, 3.05) is 0 Å². The molecule has 2 aromatic carbocycles. The third kappa shape index (κ3) is 3.26. The lowest BCUT2D eigenvalue weighted by molar-refractivity contribution is 0.104. The number of hydrogen-bond donors (Lipinski definition) is 0. The molecular formula is C15H9ClF2O. The summed E-state index contributed by atoms with van der Waals surface area (Å²) in [5.74, 6) is -2.25. The van der Waals surface area contributed by atoms with Crippen LogP contribution in [0.3, 0.4) is 0 Å². The van der Waals surface area contributed by atoms with Crippen molar-refractivity contribution in [3.8, 4) is 0 Å². The van der Waals surface area contributed by atoms with Crippen molar-refractivity contribution in [2.24, 2.45) is 0 Å². The molecule has 96 valence electrons. The van der Waals surface area contributed by atoms with Gasteiger partial charge in [-0.3, -0.25) is 4.79 Å². The Bertz CT molecular complexity index is 650. The summed E-state index contributed by atoms with van der Waals surface area (Å²) < 4.78 is 26.3. The van der Waals surface area contributed by atoms with E-state index in [9.17, 15) is 13.6 Å². The van der Waals surface area contributed by atoms with Crippen molar-refractivity contribution >= 4 is 23.5 Å². The van der Waals surface area contributed by atoms with E-state index in [-0.39, 0.29) is 11.3 Å². The van der Waals surface area contributed by atoms with Gasteiger partial charge in [-0.2, -0.15) is 0 Å². The monoisotopic (exact) mass is 278 g/mol. The molecule has 0 saturated carbocycles. The minimum Gasteiger partial charge on any atom is -0.289 e. The van der Waals surface area contributed by atoms with Gasteiger partial charge in [-0.15, -0.1) is 0 Å². The molecule has 0 fully saturated rings. The van der Waals surface area contributed by atoms with E-state index in [2.05, 4.69) is 0 Å². The summed E-state index contributed by atoms with van der Waals surface area (Å²) >= 11 is 5.77. The second-order valence-corrected chi connectivity index (χ2v) is 4.29. The van der Waals surface area contributed by atoms with Gasteiger partial charge in [-0.25, -0.2) is 8.78 Å². The maximum absolute atomic E-state index is 13.4. The first-order chi connectivity index (χ1) is 9.08. The standard InChI is InChI=1S/C15H9ClF2O/c16-12-5-1-4-11(9-12)14(19)8-7-10-3-2-6-13(17)15(10)18/h1-9H. The van der Waals surface area contributed by atoms with Gasteiger partial charge in [-0.1, -0.05) is 35.9 Å².